The molecule has 78 valence electrons. The Kier molecular flexibility index (Phi) is 2.52. The zero-order valence-corrected chi connectivity index (χ0v) is 10.1. The molecule has 0 bridgehead atoms. The minimum Gasteiger partial charge on any atom is -0.355 e. The maximum absolute atomic E-state index is 11.7. The van der Waals surface area contributed by atoms with Crippen LogP contribution in [-0.2, 0) is 7.05 Å². The Morgan fingerprint density at radius 2 is 2.07 bits per heavy atom. The van der Waals surface area contributed by atoms with E-state index in [4.69, 9.17) is 0 Å². The Labute approximate surface area is 96.2 Å². The van der Waals surface area contributed by atoms with Gasteiger partial charge < -0.3 is 9.88 Å². The van der Waals surface area contributed by atoms with Crippen molar-refractivity contribution < 1.29 is 4.79 Å². The molecular formula is C11H11BrN2O. The van der Waals surface area contributed by atoms with E-state index in [1.807, 2.05) is 35.9 Å². The first-order valence-corrected chi connectivity index (χ1v) is 5.41. The highest BCUT2D eigenvalue weighted by atomic mass is 79.9. The molecule has 0 radical (unpaired) electrons. The van der Waals surface area contributed by atoms with Crippen LogP contribution in [0, 0.1) is 0 Å². The Morgan fingerprint density at radius 1 is 1.40 bits per heavy atom. The zero-order valence-electron chi connectivity index (χ0n) is 8.54. The number of benzene rings is 1. The summed E-state index contributed by atoms with van der Waals surface area (Å²) in [5.41, 5.74) is 1.73. The van der Waals surface area contributed by atoms with Gasteiger partial charge in [-0.25, -0.2) is 0 Å². The lowest BCUT2D eigenvalue weighted by molar-refractivity contribution is 0.0963. The minimum absolute atomic E-state index is 0.0707. The van der Waals surface area contributed by atoms with Crippen molar-refractivity contribution in [1.82, 2.24) is 9.88 Å². The molecule has 1 amide bonds. The van der Waals surface area contributed by atoms with Gasteiger partial charge in [0.25, 0.3) is 5.91 Å². The molecule has 0 unspecified atom stereocenters. The van der Waals surface area contributed by atoms with Gasteiger partial charge in [0, 0.05) is 25.0 Å². The van der Waals surface area contributed by atoms with Crippen LogP contribution in [0.25, 0.3) is 10.9 Å². The summed E-state index contributed by atoms with van der Waals surface area (Å²) in [6.07, 6.45) is 0. The van der Waals surface area contributed by atoms with Crippen molar-refractivity contribution in [2.75, 3.05) is 7.05 Å². The van der Waals surface area contributed by atoms with Crippen molar-refractivity contribution in [3.63, 3.8) is 0 Å². The van der Waals surface area contributed by atoms with Crippen molar-refractivity contribution in [2.45, 2.75) is 0 Å². The van der Waals surface area contributed by atoms with Crippen molar-refractivity contribution in [3.8, 4) is 0 Å². The molecule has 0 spiro atoms. The SMILES string of the molecule is CNC(=O)c1c(Br)n(C)c2ccccc12. The van der Waals surface area contributed by atoms with Crippen LogP contribution in [0.4, 0.5) is 0 Å². The molecule has 0 atom stereocenters. The number of hydrogen-bond donors (Lipinski definition) is 1. The van der Waals surface area contributed by atoms with Gasteiger partial charge in [-0.2, -0.15) is 0 Å². The Morgan fingerprint density at radius 3 is 2.73 bits per heavy atom. The summed E-state index contributed by atoms with van der Waals surface area (Å²) in [6.45, 7) is 0. The fourth-order valence-corrected chi connectivity index (χ4v) is 2.29. The molecule has 15 heavy (non-hydrogen) atoms. The van der Waals surface area contributed by atoms with E-state index in [2.05, 4.69) is 21.2 Å². The van der Waals surface area contributed by atoms with Crippen LogP contribution in [0.3, 0.4) is 0 Å². The predicted molar refractivity (Wildman–Crippen MR) is 64.0 cm³/mol. The largest absolute Gasteiger partial charge is 0.355 e. The van der Waals surface area contributed by atoms with Crippen LogP contribution in [-0.4, -0.2) is 17.5 Å². The van der Waals surface area contributed by atoms with E-state index < -0.39 is 0 Å². The number of para-hydroxylation sites is 1. The molecule has 0 fully saturated rings. The molecule has 0 saturated heterocycles. The van der Waals surface area contributed by atoms with E-state index in [1.165, 1.54) is 0 Å². The van der Waals surface area contributed by atoms with Gasteiger partial charge in [-0.1, -0.05) is 18.2 Å². The summed E-state index contributed by atoms with van der Waals surface area (Å²) < 4.78 is 2.77. The maximum Gasteiger partial charge on any atom is 0.254 e. The number of nitrogens with one attached hydrogen (secondary N) is 1. The van der Waals surface area contributed by atoms with Crippen LogP contribution >= 0.6 is 15.9 Å². The zero-order chi connectivity index (χ0) is 11.0. The Bertz CT molecular complexity index is 531. The average molecular weight is 267 g/mol. The molecule has 0 aliphatic rings. The third kappa shape index (κ3) is 1.45. The summed E-state index contributed by atoms with van der Waals surface area (Å²) in [7, 11) is 3.56. The summed E-state index contributed by atoms with van der Waals surface area (Å²) in [6, 6.07) is 7.83. The minimum atomic E-state index is -0.0707. The number of carbonyl (C=O) groups is 1. The molecule has 0 aliphatic carbocycles. The first-order chi connectivity index (χ1) is 7.16. The fraction of sp³-hybridized carbons (Fsp3) is 0.182. The van der Waals surface area contributed by atoms with Crippen LogP contribution < -0.4 is 5.32 Å². The van der Waals surface area contributed by atoms with E-state index in [9.17, 15) is 4.79 Å². The number of aromatic nitrogens is 1. The summed E-state index contributed by atoms with van der Waals surface area (Å²) in [5, 5.41) is 3.61. The third-order valence-corrected chi connectivity index (χ3v) is 3.42. The second-order valence-electron chi connectivity index (χ2n) is 3.32. The van der Waals surface area contributed by atoms with Gasteiger partial charge >= 0.3 is 0 Å². The highest BCUT2D eigenvalue weighted by Gasteiger charge is 2.17. The first-order valence-electron chi connectivity index (χ1n) is 4.61. The quantitative estimate of drug-likeness (QED) is 0.845. The number of amides is 1. The van der Waals surface area contributed by atoms with E-state index in [0.717, 1.165) is 15.5 Å². The number of fused-ring (bicyclic) bond motifs is 1. The number of halogens is 1. The van der Waals surface area contributed by atoms with Crippen LogP contribution in [0.5, 0.6) is 0 Å². The van der Waals surface area contributed by atoms with Gasteiger partial charge in [0.05, 0.1) is 10.2 Å². The predicted octanol–water partition coefficient (Wildman–Crippen LogP) is 2.30. The maximum atomic E-state index is 11.7. The summed E-state index contributed by atoms with van der Waals surface area (Å²) in [4.78, 5) is 11.7. The van der Waals surface area contributed by atoms with E-state index >= 15 is 0 Å². The molecule has 4 heteroatoms. The van der Waals surface area contributed by atoms with Crippen molar-refractivity contribution in [2.24, 2.45) is 7.05 Å². The molecule has 0 aliphatic heterocycles. The van der Waals surface area contributed by atoms with Gasteiger partial charge in [-0.15, -0.1) is 0 Å². The summed E-state index contributed by atoms with van der Waals surface area (Å²) >= 11 is 3.44. The third-order valence-electron chi connectivity index (χ3n) is 2.49. The van der Waals surface area contributed by atoms with Gasteiger partial charge in [0.15, 0.2) is 0 Å². The number of hydrogen-bond acceptors (Lipinski definition) is 1. The molecule has 1 heterocycles. The standard InChI is InChI=1S/C11H11BrN2O/c1-13-11(15)9-7-5-3-4-6-8(7)14(2)10(9)12/h3-6H,1-2H3,(H,13,15). The fourth-order valence-electron chi connectivity index (χ4n) is 1.70. The normalized spacial score (nSPS) is 10.6. The van der Waals surface area contributed by atoms with Gasteiger partial charge in [0.1, 0.15) is 0 Å². The molecule has 2 aromatic rings. The van der Waals surface area contributed by atoms with Crippen molar-refractivity contribution in [3.05, 3.63) is 34.4 Å². The molecule has 1 N–H and O–H groups in total. The molecule has 1 aromatic carbocycles. The van der Waals surface area contributed by atoms with E-state index in [0.29, 0.717) is 5.56 Å². The number of carbonyl (C=O) groups excluding carboxylic acids is 1. The average Bonchev–Trinajstić information content (AvgIpc) is 2.52. The number of rotatable bonds is 1. The Balaban J connectivity index is 2.83. The van der Waals surface area contributed by atoms with Crippen LogP contribution in [0.2, 0.25) is 0 Å². The monoisotopic (exact) mass is 266 g/mol. The van der Waals surface area contributed by atoms with Crippen LogP contribution in [0.1, 0.15) is 10.4 Å². The highest BCUT2D eigenvalue weighted by Crippen LogP contribution is 2.28. The molecular weight excluding hydrogens is 256 g/mol. The lowest BCUT2D eigenvalue weighted by atomic mass is 10.2. The topological polar surface area (TPSA) is 34.0 Å². The van der Waals surface area contributed by atoms with E-state index in [-0.39, 0.29) is 5.91 Å². The van der Waals surface area contributed by atoms with Crippen LogP contribution in [0.15, 0.2) is 28.9 Å². The van der Waals surface area contributed by atoms with Gasteiger partial charge in [0.2, 0.25) is 0 Å². The molecule has 1 aromatic heterocycles. The smallest absolute Gasteiger partial charge is 0.254 e. The Hall–Kier alpha value is -1.29. The number of nitrogens with zero attached hydrogens (tertiary/aromatic N) is 1. The van der Waals surface area contributed by atoms with E-state index in [1.54, 1.807) is 7.05 Å². The molecule has 3 nitrogen and oxygen atoms in total. The van der Waals surface area contributed by atoms with Gasteiger partial charge in [-0.3, -0.25) is 4.79 Å². The lowest BCUT2D eigenvalue weighted by Gasteiger charge is -1.98. The van der Waals surface area contributed by atoms with Crippen molar-refractivity contribution >= 4 is 32.7 Å². The molecule has 0 saturated carbocycles. The second kappa shape index (κ2) is 3.70. The first kappa shape index (κ1) is 10.2. The summed E-state index contributed by atoms with van der Waals surface area (Å²) in [5.74, 6) is -0.0707. The lowest BCUT2D eigenvalue weighted by Crippen LogP contribution is -2.18. The number of aryl methyl sites for hydroxylation is 1. The molecule has 2 rings (SSSR count). The highest BCUT2D eigenvalue weighted by molar-refractivity contribution is 9.10. The second-order valence-corrected chi connectivity index (χ2v) is 4.07. The van der Waals surface area contributed by atoms with Gasteiger partial charge in [-0.05, 0) is 22.0 Å². The van der Waals surface area contributed by atoms with Crippen molar-refractivity contribution in [1.29, 1.82) is 0 Å².